The number of carbonyl (C=O) groups excluding carboxylic acids is 1. The molecule has 7 heteroatoms. The standard InChI is InChI=1S/C26H33N5O2/c1-5-31(15-6-16-32)23-11-8-21(9-12-23)27-30-25-14-10-22(18-26(25)33-4)28-29-24-13-7-19(2)17-20(24)3/h7-14,16-18,27-30H,5-6,15H2,1-4H3. The molecule has 3 aromatic rings. The van der Waals surface area contributed by atoms with Crippen LogP contribution in [-0.4, -0.2) is 26.5 Å². The van der Waals surface area contributed by atoms with Crippen LogP contribution in [0.4, 0.5) is 28.4 Å². The first-order chi connectivity index (χ1) is 16.0. The fourth-order valence-corrected chi connectivity index (χ4v) is 3.54. The van der Waals surface area contributed by atoms with Gasteiger partial charge in [-0.3, -0.25) is 5.43 Å². The lowest BCUT2D eigenvalue weighted by Crippen LogP contribution is -2.24. The summed E-state index contributed by atoms with van der Waals surface area (Å²) in [6.07, 6.45) is 1.48. The SMILES string of the molecule is CCN(CCC=O)c1ccc(NNc2ccc(NNc3ccc(C)cc3C)cc2OC)cc1. The molecule has 0 unspecified atom stereocenters. The quantitative estimate of drug-likeness (QED) is 0.212. The number of ether oxygens (including phenoxy) is 1. The van der Waals surface area contributed by atoms with Crippen molar-refractivity contribution in [3.8, 4) is 5.75 Å². The van der Waals surface area contributed by atoms with Gasteiger partial charge < -0.3 is 30.7 Å². The molecule has 0 saturated carbocycles. The Morgan fingerprint density at radius 1 is 0.848 bits per heavy atom. The van der Waals surface area contributed by atoms with Gasteiger partial charge in [-0.25, -0.2) is 0 Å². The van der Waals surface area contributed by atoms with Crippen LogP contribution in [-0.2, 0) is 4.79 Å². The van der Waals surface area contributed by atoms with Crippen LogP contribution in [0.1, 0.15) is 24.5 Å². The zero-order chi connectivity index (χ0) is 23.6. The number of aldehydes is 1. The number of hydrogen-bond donors (Lipinski definition) is 4. The minimum atomic E-state index is 0.528. The summed E-state index contributed by atoms with van der Waals surface area (Å²) in [5.41, 5.74) is 20.1. The number of carbonyl (C=O) groups is 1. The van der Waals surface area contributed by atoms with E-state index < -0.39 is 0 Å². The fourth-order valence-electron chi connectivity index (χ4n) is 3.54. The second-order valence-corrected chi connectivity index (χ2v) is 7.82. The second-order valence-electron chi connectivity index (χ2n) is 7.82. The van der Waals surface area contributed by atoms with E-state index >= 15 is 0 Å². The number of anilines is 5. The first-order valence-electron chi connectivity index (χ1n) is 11.1. The van der Waals surface area contributed by atoms with Crippen LogP contribution in [0.25, 0.3) is 0 Å². The van der Waals surface area contributed by atoms with Gasteiger partial charge in [0.2, 0.25) is 0 Å². The van der Waals surface area contributed by atoms with Gasteiger partial charge >= 0.3 is 0 Å². The molecular weight excluding hydrogens is 414 g/mol. The zero-order valence-corrected chi connectivity index (χ0v) is 19.7. The average Bonchev–Trinajstić information content (AvgIpc) is 2.83. The Kier molecular flexibility index (Phi) is 8.41. The Hall–Kier alpha value is -3.87. The van der Waals surface area contributed by atoms with Crippen molar-refractivity contribution in [3.05, 3.63) is 71.8 Å². The van der Waals surface area contributed by atoms with E-state index in [0.717, 1.165) is 47.8 Å². The van der Waals surface area contributed by atoms with E-state index in [1.54, 1.807) is 7.11 Å². The van der Waals surface area contributed by atoms with Gasteiger partial charge in [0, 0.05) is 31.3 Å². The number of hydrogen-bond acceptors (Lipinski definition) is 7. The molecule has 0 heterocycles. The van der Waals surface area contributed by atoms with Crippen molar-refractivity contribution in [3.63, 3.8) is 0 Å². The largest absolute Gasteiger partial charge is 0.494 e. The predicted octanol–water partition coefficient (Wildman–Crippen LogP) is 5.61. The third-order valence-electron chi connectivity index (χ3n) is 5.40. The number of rotatable bonds is 12. The highest BCUT2D eigenvalue weighted by molar-refractivity contribution is 5.68. The van der Waals surface area contributed by atoms with Gasteiger partial charge in [-0.2, -0.15) is 0 Å². The summed E-state index contributed by atoms with van der Waals surface area (Å²) in [6, 6.07) is 20.2. The molecule has 0 bridgehead atoms. The molecule has 0 fully saturated rings. The Balaban J connectivity index is 1.60. The van der Waals surface area contributed by atoms with Gasteiger partial charge in [-0.05, 0) is 68.8 Å². The lowest BCUT2D eigenvalue weighted by Gasteiger charge is -2.22. The van der Waals surface area contributed by atoms with Crippen LogP contribution in [0.15, 0.2) is 60.7 Å². The molecule has 0 spiro atoms. The van der Waals surface area contributed by atoms with Gasteiger partial charge in [0.15, 0.2) is 0 Å². The van der Waals surface area contributed by atoms with Crippen molar-refractivity contribution in [2.75, 3.05) is 46.8 Å². The number of methoxy groups -OCH3 is 1. The van der Waals surface area contributed by atoms with Crippen LogP contribution in [0.5, 0.6) is 5.75 Å². The van der Waals surface area contributed by atoms with Crippen molar-refractivity contribution < 1.29 is 9.53 Å². The lowest BCUT2D eigenvalue weighted by atomic mass is 10.1. The topological polar surface area (TPSA) is 77.7 Å². The monoisotopic (exact) mass is 447 g/mol. The van der Waals surface area contributed by atoms with Gasteiger partial charge in [0.25, 0.3) is 0 Å². The number of aryl methyl sites for hydroxylation is 2. The summed E-state index contributed by atoms with van der Waals surface area (Å²) in [5, 5.41) is 0. The van der Waals surface area contributed by atoms with Crippen LogP contribution in [0, 0.1) is 13.8 Å². The average molecular weight is 448 g/mol. The van der Waals surface area contributed by atoms with E-state index in [-0.39, 0.29) is 0 Å². The molecule has 0 amide bonds. The van der Waals surface area contributed by atoms with Gasteiger partial charge in [0.05, 0.1) is 29.9 Å². The highest BCUT2D eigenvalue weighted by atomic mass is 16.5. The van der Waals surface area contributed by atoms with Crippen molar-refractivity contribution in [1.29, 1.82) is 0 Å². The first-order valence-corrected chi connectivity index (χ1v) is 11.1. The molecule has 0 aliphatic rings. The summed E-state index contributed by atoms with van der Waals surface area (Å²) in [4.78, 5) is 12.8. The molecule has 174 valence electrons. The molecule has 0 radical (unpaired) electrons. The number of nitrogens with zero attached hydrogens (tertiary/aromatic N) is 1. The van der Waals surface area contributed by atoms with Gasteiger partial charge in [0.1, 0.15) is 12.0 Å². The van der Waals surface area contributed by atoms with Crippen molar-refractivity contribution >= 4 is 34.7 Å². The normalized spacial score (nSPS) is 10.3. The number of hydrazine groups is 2. The molecule has 7 nitrogen and oxygen atoms in total. The first kappa shape index (κ1) is 23.8. The molecule has 33 heavy (non-hydrogen) atoms. The molecule has 0 saturated heterocycles. The molecule has 0 atom stereocenters. The Morgan fingerprint density at radius 3 is 2.18 bits per heavy atom. The van der Waals surface area contributed by atoms with E-state index in [1.807, 2.05) is 42.5 Å². The van der Waals surface area contributed by atoms with Crippen molar-refractivity contribution in [1.82, 2.24) is 0 Å². The Morgan fingerprint density at radius 2 is 1.52 bits per heavy atom. The Labute approximate surface area is 196 Å². The van der Waals surface area contributed by atoms with Crippen LogP contribution < -0.4 is 31.3 Å². The molecule has 3 aromatic carbocycles. The maximum atomic E-state index is 10.7. The minimum Gasteiger partial charge on any atom is -0.494 e. The third-order valence-corrected chi connectivity index (χ3v) is 5.40. The maximum absolute atomic E-state index is 10.7. The Bertz CT molecular complexity index is 1050. The highest BCUT2D eigenvalue weighted by Gasteiger charge is 2.07. The predicted molar refractivity (Wildman–Crippen MR) is 138 cm³/mol. The van der Waals surface area contributed by atoms with E-state index in [9.17, 15) is 4.79 Å². The summed E-state index contributed by atoms with van der Waals surface area (Å²) < 4.78 is 5.56. The maximum Gasteiger partial charge on any atom is 0.145 e. The summed E-state index contributed by atoms with van der Waals surface area (Å²) in [6.45, 7) is 7.82. The summed E-state index contributed by atoms with van der Waals surface area (Å²) in [5.74, 6) is 0.706. The van der Waals surface area contributed by atoms with Crippen LogP contribution in [0.2, 0.25) is 0 Å². The third kappa shape index (κ3) is 6.55. The molecular formula is C26H33N5O2. The van der Waals surface area contributed by atoms with Gasteiger partial charge in [-0.1, -0.05) is 17.7 Å². The van der Waals surface area contributed by atoms with Crippen LogP contribution in [0.3, 0.4) is 0 Å². The smallest absolute Gasteiger partial charge is 0.145 e. The zero-order valence-electron chi connectivity index (χ0n) is 19.7. The molecule has 4 N–H and O–H groups in total. The number of nitrogens with one attached hydrogen (secondary N) is 4. The van der Waals surface area contributed by atoms with E-state index in [0.29, 0.717) is 12.2 Å². The van der Waals surface area contributed by atoms with Crippen molar-refractivity contribution in [2.24, 2.45) is 0 Å². The molecule has 0 aliphatic carbocycles. The summed E-state index contributed by atoms with van der Waals surface area (Å²) in [7, 11) is 1.65. The molecule has 3 rings (SSSR count). The van der Waals surface area contributed by atoms with Crippen molar-refractivity contribution in [2.45, 2.75) is 27.2 Å². The summed E-state index contributed by atoms with van der Waals surface area (Å²) >= 11 is 0. The fraction of sp³-hybridized carbons (Fsp3) is 0.269. The second kappa shape index (κ2) is 11.7. The van der Waals surface area contributed by atoms with E-state index in [2.05, 4.69) is 65.6 Å². The van der Waals surface area contributed by atoms with E-state index in [1.165, 1.54) is 11.1 Å². The molecule has 0 aromatic heterocycles. The lowest BCUT2D eigenvalue weighted by molar-refractivity contribution is -0.107. The highest BCUT2D eigenvalue weighted by Crippen LogP contribution is 2.29. The van der Waals surface area contributed by atoms with Crippen LogP contribution >= 0.6 is 0 Å². The van der Waals surface area contributed by atoms with Gasteiger partial charge in [-0.15, -0.1) is 0 Å². The van der Waals surface area contributed by atoms with E-state index in [4.69, 9.17) is 4.74 Å². The minimum absolute atomic E-state index is 0.528. The number of benzene rings is 3. The molecule has 0 aliphatic heterocycles.